The molecule has 1 fully saturated rings. The van der Waals surface area contributed by atoms with E-state index >= 15 is 0 Å². The highest BCUT2D eigenvalue weighted by atomic mass is 16.5. The zero-order valence-electron chi connectivity index (χ0n) is 14.1. The number of allylic oxidation sites excluding steroid dienone is 3. The molecule has 1 nitrogen and oxygen atoms in total. The van der Waals surface area contributed by atoms with Gasteiger partial charge in [0.25, 0.3) is 0 Å². The lowest BCUT2D eigenvalue weighted by Gasteiger charge is -2.27. The topological polar surface area (TPSA) is 9.23 Å². The lowest BCUT2D eigenvalue weighted by molar-refractivity contribution is 0.125. The molecule has 1 aliphatic carbocycles. The molecule has 0 heterocycles. The molecule has 1 saturated carbocycles. The van der Waals surface area contributed by atoms with E-state index in [-0.39, 0.29) is 0 Å². The molecule has 1 aromatic carbocycles. The van der Waals surface area contributed by atoms with Gasteiger partial charge in [-0.15, -0.1) is 0 Å². The van der Waals surface area contributed by atoms with E-state index in [9.17, 15) is 0 Å². The first-order valence-corrected chi connectivity index (χ1v) is 8.74. The van der Waals surface area contributed by atoms with Gasteiger partial charge in [-0.05, 0) is 68.9 Å². The number of rotatable bonds is 7. The molecule has 2 rings (SSSR count). The molecular weight excluding hydrogens is 268 g/mol. The van der Waals surface area contributed by atoms with Gasteiger partial charge in [-0.3, -0.25) is 0 Å². The summed E-state index contributed by atoms with van der Waals surface area (Å²) in [6, 6.07) is 9.10. The highest BCUT2D eigenvalue weighted by molar-refractivity contribution is 5.25. The summed E-state index contributed by atoms with van der Waals surface area (Å²) in [5.74, 6) is 1.57. The van der Waals surface area contributed by atoms with E-state index in [2.05, 4.69) is 55.5 Å². The maximum absolute atomic E-state index is 5.69. The van der Waals surface area contributed by atoms with Crippen LogP contribution in [-0.4, -0.2) is 6.61 Å². The normalized spacial score (nSPS) is 22.6. The van der Waals surface area contributed by atoms with E-state index in [0.29, 0.717) is 0 Å². The summed E-state index contributed by atoms with van der Waals surface area (Å²) in [6.45, 7) is 5.71. The molecule has 1 aliphatic rings. The SMILES string of the molecule is CC=CCCOCc1ccc(C2CCC(C=CC)CC2)cc1. The molecule has 0 radical (unpaired) electrons. The van der Waals surface area contributed by atoms with Crippen LogP contribution in [0.1, 0.15) is 63.0 Å². The Balaban J connectivity index is 1.77. The van der Waals surface area contributed by atoms with Gasteiger partial charge in [0, 0.05) is 0 Å². The van der Waals surface area contributed by atoms with E-state index in [1.807, 2.05) is 6.92 Å². The van der Waals surface area contributed by atoms with Gasteiger partial charge < -0.3 is 4.74 Å². The van der Waals surface area contributed by atoms with E-state index in [0.717, 1.165) is 31.5 Å². The smallest absolute Gasteiger partial charge is 0.0717 e. The zero-order valence-corrected chi connectivity index (χ0v) is 14.1. The first kappa shape index (κ1) is 17.0. The third kappa shape index (κ3) is 5.46. The average Bonchev–Trinajstić information content (AvgIpc) is 2.56. The molecule has 0 amide bonds. The largest absolute Gasteiger partial charge is 0.376 e. The van der Waals surface area contributed by atoms with Crippen LogP contribution in [-0.2, 0) is 11.3 Å². The molecule has 0 bridgehead atoms. The summed E-state index contributed by atoms with van der Waals surface area (Å²) in [5, 5.41) is 0. The van der Waals surface area contributed by atoms with Crippen molar-refractivity contribution in [3.05, 3.63) is 59.7 Å². The standard InChI is InChI=1S/C21H30O/c1-3-5-6-16-22-17-19-10-14-21(15-11-19)20-12-8-18(7-4-2)9-13-20/h3-5,7,10-11,14-15,18,20H,6,8-9,12-13,16-17H2,1-2H3. The molecule has 120 valence electrons. The van der Waals surface area contributed by atoms with Crippen molar-refractivity contribution >= 4 is 0 Å². The van der Waals surface area contributed by atoms with Crippen LogP contribution in [0.15, 0.2) is 48.6 Å². The summed E-state index contributed by atoms with van der Waals surface area (Å²) >= 11 is 0. The van der Waals surface area contributed by atoms with Crippen molar-refractivity contribution in [3.8, 4) is 0 Å². The van der Waals surface area contributed by atoms with Gasteiger partial charge in [0.05, 0.1) is 13.2 Å². The van der Waals surface area contributed by atoms with Gasteiger partial charge in [-0.1, -0.05) is 48.6 Å². The Morgan fingerprint density at radius 1 is 1.00 bits per heavy atom. The zero-order chi connectivity index (χ0) is 15.6. The highest BCUT2D eigenvalue weighted by Crippen LogP contribution is 2.36. The van der Waals surface area contributed by atoms with Gasteiger partial charge in [-0.2, -0.15) is 0 Å². The predicted molar refractivity (Wildman–Crippen MR) is 95.0 cm³/mol. The van der Waals surface area contributed by atoms with E-state index in [4.69, 9.17) is 4.74 Å². The van der Waals surface area contributed by atoms with Crippen molar-refractivity contribution in [2.75, 3.05) is 6.61 Å². The molecule has 1 aromatic rings. The molecule has 22 heavy (non-hydrogen) atoms. The van der Waals surface area contributed by atoms with Crippen molar-refractivity contribution in [1.82, 2.24) is 0 Å². The fraction of sp³-hybridized carbons (Fsp3) is 0.524. The second kappa shape index (κ2) is 9.63. The van der Waals surface area contributed by atoms with E-state index < -0.39 is 0 Å². The molecule has 0 spiro atoms. The second-order valence-electron chi connectivity index (χ2n) is 6.29. The van der Waals surface area contributed by atoms with Crippen molar-refractivity contribution in [2.45, 2.75) is 58.5 Å². The Kier molecular flexibility index (Phi) is 7.45. The quantitative estimate of drug-likeness (QED) is 0.442. The van der Waals surface area contributed by atoms with Gasteiger partial charge in [0.2, 0.25) is 0 Å². The third-order valence-electron chi connectivity index (χ3n) is 4.62. The van der Waals surface area contributed by atoms with Crippen molar-refractivity contribution < 1.29 is 4.74 Å². The Morgan fingerprint density at radius 3 is 2.36 bits per heavy atom. The molecule has 0 unspecified atom stereocenters. The Bertz CT molecular complexity index is 461. The maximum Gasteiger partial charge on any atom is 0.0717 e. The third-order valence-corrected chi connectivity index (χ3v) is 4.62. The van der Waals surface area contributed by atoms with Crippen LogP contribution < -0.4 is 0 Å². The highest BCUT2D eigenvalue weighted by Gasteiger charge is 2.20. The molecule has 0 N–H and O–H groups in total. The number of hydrogen-bond donors (Lipinski definition) is 0. The summed E-state index contributed by atoms with van der Waals surface area (Å²) in [7, 11) is 0. The summed E-state index contributed by atoms with van der Waals surface area (Å²) < 4.78 is 5.69. The van der Waals surface area contributed by atoms with Gasteiger partial charge in [0.1, 0.15) is 0 Å². The fourth-order valence-electron chi connectivity index (χ4n) is 3.31. The fourth-order valence-corrected chi connectivity index (χ4v) is 3.31. The Labute approximate surface area is 136 Å². The average molecular weight is 298 g/mol. The van der Waals surface area contributed by atoms with Crippen LogP contribution in [0.4, 0.5) is 0 Å². The predicted octanol–water partition coefficient (Wildman–Crippen LogP) is 6.02. The molecule has 0 saturated heterocycles. The van der Waals surface area contributed by atoms with Gasteiger partial charge in [0.15, 0.2) is 0 Å². The maximum atomic E-state index is 5.69. The number of benzene rings is 1. The van der Waals surface area contributed by atoms with E-state index in [1.165, 1.54) is 36.8 Å². The number of ether oxygens (including phenoxy) is 1. The van der Waals surface area contributed by atoms with Gasteiger partial charge >= 0.3 is 0 Å². The minimum absolute atomic E-state index is 0.728. The molecular formula is C21H30O. The van der Waals surface area contributed by atoms with Crippen molar-refractivity contribution in [2.24, 2.45) is 5.92 Å². The minimum atomic E-state index is 0.728. The minimum Gasteiger partial charge on any atom is -0.376 e. The van der Waals surface area contributed by atoms with Crippen molar-refractivity contribution in [1.29, 1.82) is 0 Å². The van der Waals surface area contributed by atoms with Crippen LogP contribution in [0.25, 0.3) is 0 Å². The first-order chi connectivity index (χ1) is 10.8. The van der Waals surface area contributed by atoms with Gasteiger partial charge in [-0.25, -0.2) is 0 Å². The lowest BCUT2D eigenvalue weighted by atomic mass is 9.78. The molecule has 0 aliphatic heterocycles. The molecule has 0 aromatic heterocycles. The Morgan fingerprint density at radius 2 is 1.73 bits per heavy atom. The number of hydrogen-bond acceptors (Lipinski definition) is 1. The van der Waals surface area contributed by atoms with E-state index in [1.54, 1.807) is 0 Å². The van der Waals surface area contributed by atoms with Crippen LogP contribution in [0.2, 0.25) is 0 Å². The van der Waals surface area contributed by atoms with Crippen LogP contribution in [0.3, 0.4) is 0 Å². The van der Waals surface area contributed by atoms with Crippen LogP contribution >= 0.6 is 0 Å². The lowest BCUT2D eigenvalue weighted by Crippen LogP contribution is -2.11. The summed E-state index contributed by atoms with van der Waals surface area (Å²) in [5.41, 5.74) is 2.79. The van der Waals surface area contributed by atoms with Crippen LogP contribution in [0.5, 0.6) is 0 Å². The molecule has 0 atom stereocenters. The molecule has 1 heteroatoms. The first-order valence-electron chi connectivity index (χ1n) is 8.74. The second-order valence-corrected chi connectivity index (χ2v) is 6.29. The monoisotopic (exact) mass is 298 g/mol. The summed E-state index contributed by atoms with van der Waals surface area (Å²) in [4.78, 5) is 0. The summed E-state index contributed by atoms with van der Waals surface area (Å²) in [6.07, 6.45) is 15.1. The van der Waals surface area contributed by atoms with Crippen LogP contribution in [0, 0.1) is 5.92 Å². The van der Waals surface area contributed by atoms with Crippen molar-refractivity contribution in [3.63, 3.8) is 0 Å². The Hall–Kier alpha value is -1.34.